The summed E-state index contributed by atoms with van der Waals surface area (Å²) in [6, 6.07) is 12.3. The van der Waals surface area contributed by atoms with Crippen LogP contribution in [0.3, 0.4) is 0 Å². The molecule has 0 N–H and O–H groups in total. The Balaban J connectivity index is 0.00000380. The highest BCUT2D eigenvalue weighted by atomic mass is 35.5. The minimum Gasteiger partial charge on any atom is -0.379 e. The number of thioether (sulfide) groups is 1. The fourth-order valence-corrected chi connectivity index (χ4v) is 7.13. The third-order valence-corrected chi connectivity index (χ3v) is 10.1. The monoisotopic (exact) mass is 584 g/mol. The van der Waals surface area contributed by atoms with E-state index in [4.69, 9.17) is 9.72 Å². The maximum atomic E-state index is 13.7. The van der Waals surface area contributed by atoms with Crippen LogP contribution in [0, 0.1) is 0 Å². The van der Waals surface area contributed by atoms with Gasteiger partial charge in [-0.3, -0.25) is 14.6 Å². The van der Waals surface area contributed by atoms with Gasteiger partial charge in [0.1, 0.15) is 0 Å². The number of ether oxygens (including phenoxy) is 1. The van der Waals surface area contributed by atoms with Crippen molar-refractivity contribution in [2.45, 2.75) is 23.6 Å². The predicted octanol–water partition coefficient (Wildman–Crippen LogP) is 4.45. The van der Waals surface area contributed by atoms with Gasteiger partial charge in [0.05, 0.1) is 28.3 Å². The van der Waals surface area contributed by atoms with E-state index in [-0.39, 0.29) is 23.2 Å². The van der Waals surface area contributed by atoms with Crippen LogP contribution in [0.2, 0.25) is 0 Å². The van der Waals surface area contributed by atoms with Crippen molar-refractivity contribution in [2.75, 3.05) is 63.6 Å². The molecule has 1 aliphatic heterocycles. The highest BCUT2D eigenvalue weighted by Gasteiger charge is 2.25. The molecule has 0 atom stereocenters. The van der Waals surface area contributed by atoms with Gasteiger partial charge in [-0.15, -0.1) is 24.2 Å². The number of rotatable bonds is 10. The lowest BCUT2D eigenvalue weighted by Gasteiger charge is -2.29. The molecule has 4 rings (SSSR count). The molecule has 1 fully saturated rings. The van der Waals surface area contributed by atoms with Gasteiger partial charge < -0.3 is 4.74 Å². The van der Waals surface area contributed by atoms with Gasteiger partial charge in [-0.05, 0) is 48.7 Å². The summed E-state index contributed by atoms with van der Waals surface area (Å²) in [5.74, 6) is -0.195. The highest BCUT2D eigenvalue weighted by Crippen LogP contribution is 2.32. The topological polar surface area (TPSA) is 83.1 Å². The number of nitrogens with zero attached hydrogens (tertiary/aromatic N) is 4. The summed E-state index contributed by atoms with van der Waals surface area (Å²) in [4.78, 5) is 23.8. The Morgan fingerprint density at radius 2 is 1.78 bits per heavy atom. The fourth-order valence-electron chi connectivity index (χ4n) is 4.12. The summed E-state index contributed by atoms with van der Waals surface area (Å²) >= 11 is 3.17. The summed E-state index contributed by atoms with van der Waals surface area (Å²) < 4.78 is 33.6. The molecule has 1 amide bonds. The number of fused-ring (bicyclic) bond motifs is 1. The largest absolute Gasteiger partial charge is 0.379 e. The number of carbonyl (C=O) groups is 1. The van der Waals surface area contributed by atoms with E-state index < -0.39 is 10.0 Å². The number of benzene rings is 2. The molecular formula is C25H33ClN4O4S3. The van der Waals surface area contributed by atoms with Gasteiger partial charge in [0, 0.05) is 49.7 Å². The fraction of sp³-hybridized carbons (Fsp3) is 0.440. The minimum atomic E-state index is -3.59. The van der Waals surface area contributed by atoms with Crippen molar-refractivity contribution in [1.29, 1.82) is 0 Å². The van der Waals surface area contributed by atoms with Crippen LogP contribution in [0.1, 0.15) is 24.2 Å². The van der Waals surface area contributed by atoms with Gasteiger partial charge in [-0.1, -0.05) is 25.2 Å². The van der Waals surface area contributed by atoms with Crippen molar-refractivity contribution >= 4 is 66.8 Å². The number of hydrogen-bond acceptors (Lipinski definition) is 8. The van der Waals surface area contributed by atoms with E-state index >= 15 is 0 Å². The number of anilines is 1. The molecule has 0 bridgehead atoms. The average Bonchev–Trinajstić information content (AvgIpc) is 3.33. The molecule has 0 radical (unpaired) electrons. The molecule has 3 aromatic rings. The lowest BCUT2D eigenvalue weighted by Crippen LogP contribution is -2.43. The van der Waals surface area contributed by atoms with E-state index in [1.807, 2.05) is 32.2 Å². The van der Waals surface area contributed by atoms with E-state index in [0.29, 0.717) is 50.1 Å². The Morgan fingerprint density at radius 3 is 2.41 bits per heavy atom. The van der Waals surface area contributed by atoms with Crippen molar-refractivity contribution in [3.8, 4) is 0 Å². The van der Waals surface area contributed by atoms with Gasteiger partial charge in [0.2, 0.25) is 10.0 Å². The van der Waals surface area contributed by atoms with Crippen LogP contribution in [0.25, 0.3) is 10.2 Å². The Bertz CT molecular complexity index is 1290. The van der Waals surface area contributed by atoms with Crippen LogP contribution in [0.5, 0.6) is 0 Å². The Labute approximate surface area is 233 Å². The lowest BCUT2D eigenvalue weighted by molar-refractivity contribution is 0.0391. The van der Waals surface area contributed by atoms with Gasteiger partial charge in [0.25, 0.3) is 5.91 Å². The number of hydrogen-bond donors (Lipinski definition) is 0. The SMILES string of the molecule is CCN(CC)S(=O)(=O)c1ccc(C(=O)N(CCN2CCOCC2)c2nc3ccc(SC)cc3s2)cc1.Cl. The number of thiazole rings is 1. The zero-order valence-electron chi connectivity index (χ0n) is 21.3. The number of amides is 1. The van der Waals surface area contributed by atoms with Gasteiger partial charge >= 0.3 is 0 Å². The van der Waals surface area contributed by atoms with Crippen LogP contribution < -0.4 is 4.90 Å². The molecule has 1 saturated heterocycles. The molecule has 1 aliphatic rings. The molecule has 1 aromatic heterocycles. The molecule has 0 unspecified atom stereocenters. The molecule has 0 saturated carbocycles. The van der Waals surface area contributed by atoms with Crippen molar-refractivity contribution in [3.05, 3.63) is 48.0 Å². The second-order valence-corrected chi connectivity index (χ2v) is 12.2. The van der Waals surface area contributed by atoms with Crippen LogP contribution >= 0.6 is 35.5 Å². The molecular weight excluding hydrogens is 552 g/mol. The number of halogens is 1. The average molecular weight is 585 g/mol. The third kappa shape index (κ3) is 6.83. The Morgan fingerprint density at radius 1 is 1.11 bits per heavy atom. The van der Waals surface area contributed by atoms with E-state index in [0.717, 1.165) is 28.2 Å². The first-order valence-corrected chi connectivity index (χ1v) is 15.5. The van der Waals surface area contributed by atoms with Crippen LogP contribution in [0.4, 0.5) is 5.13 Å². The first kappa shape index (κ1) is 29.8. The summed E-state index contributed by atoms with van der Waals surface area (Å²) in [7, 11) is -3.59. The molecule has 0 spiro atoms. The van der Waals surface area contributed by atoms with E-state index in [2.05, 4.69) is 11.0 Å². The van der Waals surface area contributed by atoms with Crippen molar-refractivity contribution in [3.63, 3.8) is 0 Å². The first-order valence-electron chi connectivity index (χ1n) is 12.0. The molecule has 37 heavy (non-hydrogen) atoms. The second-order valence-electron chi connectivity index (χ2n) is 8.35. The van der Waals surface area contributed by atoms with Gasteiger partial charge in [-0.25, -0.2) is 13.4 Å². The minimum absolute atomic E-state index is 0. The summed E-state index contributed by atoms with van der Waals surface area (Å²) in [6.07, 6.45) is 2.03. The van der Waals surface area contributed by atoms with Gasteiger partial charge in [-0.2, -0.15) is 4.31 Å². The first-order chi connectivity index (χ1) is 17.4. The number of morpholine rings is 1. The number of aromatic nitrogens is 1. The Kier molecular flexibility index (Phi) is 10.8. The van der Waals surface area contributed by atoms with Gasteiger partial charge in [0.15, 0.2) is 5.13 Å². The number of sulfonamides is 1. The third-order valence-electron chi connectivity index (χ3n) is 6.25. The lowest BCUT2D eigenvalue weighted by atomic mass is 10.2. The molecule has 8 nitrogen and oxygen atoms in total. The number of carbonyl (C=O) groups excluding carboxylic acids is 1. The smallest absolute Gasteiger partial charge is 0.260 e. The van der Waals surface area contributed by atoms with Crippen molar-refractivity contribution in [2.24, 2.45) is 0 Å². The summed E-state index contributed by atoms with van der Waals surface area (Å²) in [6.45, 7) is 8.63. The zero-order chi connectivity index (χ0) is 25.7. The predicted molar refractivity (Wildman–Crippen MR) is 154 cm³/mol. The van der Waals surface area contributed by atoms with Crippen molar-refractivity contribution in [1.82, 2.24) is 14.2 Å². The normalized spacial score (nSPS) is 14.6. The Hall–Kier alpha value is -1.73. The van der Waals surface area contributed by atoms with Crippen LogP contribution in [-0.2, 0) is 14.8 Å². The zero-order valence-corrected chi connectivity index (χ0v) is 24.5. The summed E-state index contributed by atoms with van der Waals surface area (Å²) in [5.41, 5.74) is 1.29. The quantitative estimate of drug-likeness (QED) is 0.326. The van der Waals surface area contributed by atoms with E-state index in [1.54, 1.807) is 28.8 Å². The standard InChI is InChI=1S/C25H32N4O4S3.ClH/c1-4-28(5-2)36(31,32)21-9-6-19(7-10-21)24(30)29(13-12-27-14-16-33-17-15-27)25-26-22-11-8-20(34-3)18-23(22)35-25;/h6-11,18H,4-5,12-17H2,1-3H3;1H. The molecule has 2 heterocycles. The van der Waals surface area contributed by atoms with Crippen LogP contribution in [-0.4, -0.2) is 87.3 Å². The molecule has 0 aliphatic carbocycles. The molecule has 2 aromatic carbocycles. The van der Waals surface area contributed by atoms with Crippen molar-refractivity contribution < 1.29 is 17.9 Å². The molecule has 202 valence electrons. The maximum Gasteiger partial charge on any atom is 0.260 e. The summed E-state index contributed by atoms with van der Waals surface area (Å²) in [5, 5.41) is 0.640. The van der Waals surface area contributed by atoms with E-state index in [9.17, 15) is 13.2 Å². The van der Waals surface area contributed by atoms with Crippen LogP contribution in [0.15, 0.2) is 52.3 Å². The highest BCUT2D eigenvalue weighted by molar-refractivity contribution is 7.98. The molecule has 12 heteroatoms. The van der Waals surface area contributed by atoms with E-state index in [1.165, 1.54) is 27.8 Å². The second kappa shape index (κ2) is 13.4. The maximum absolute atomic E-state index is 13.7.